The average molecular weight is 478 g/mol. The summed E-state index contributed by atoms with van der Waals surface area (Å²) >= 11 is 15.3. The topological polar surface area (TPSA) is 61.7 Å². The first kappa shape index (κ1) is 20.6. The molecule has 142 valence electrons. The summed E-state index contributed by atoms with van der Waals surface area (Å²) < 4.78 is 0.890. The number of carbonyl (C=O) groups excluding carboxylic acids is 1. The van der Waals surface area contributed by atoms with Gasteiger partial charge in [0.1, 0.15) is 0 Å². The van der Waals surface area contributed by atoms with E-state index in [1.165, 1.54) is 6.21 Å². The maximum Gasteiger partial charge on any atom is 0.281 e. The van der Waals surface area contributed by atoms with Crippen LogP contribution in [-0.2, 0) is 10.4 Å². The number of benzene rings is 3. The molecule has 4 nitrogen and oxygen atoms in total. The minimum absolute atomic E-state index is 0.356. The Bertz CT molecular complexity index is 960. The Morgan fingerprint density at radius 3 is 2.00 bits per heavy atom. The molecule has 0 aliphatic heterocycles. The number of halogens is 3. The number of carbonyl (C=O) groups is 1. The van der Waals surface area contributed by atoms with E-state index < -0.39 is 11.5 Å². The average Bonchev–Trinajstić information content (AvgIpc) is 2.68. The van der Waals surface area contributed by atoms with Crippen molar-refractivity contribution in [3.63, 3.8) is 0 Å². The van der Waals surface area contributed by atoms with Crippen molar-refractivity contribution in [1.29, 1.82) is 0 Å². The lowest BCUT2D eigenvalue weighted by molar-refractivity contribution is -0.136. The van der Waals surface area contributed by atoms with E-state index in [0.29, 0.717) is 21.2 Å². The fraction of sp³-hybridized carbons (Fsp3) is 0.0476. The molecule has 0 spiro atoms. The van der Waals surface area contributed by atoms with Crippen LogP contribution in [0.2, 0.25) is 10.0 Å². The molecule has 3 rings (SSSR count). The van der Waals surface area contributed by atoms with Crippen molar-refractivity contribution in [2.75, 3.05) is 0 Å². The maximum atomic E-state index is 12.9. The van der Waals surface area contributed by atoms with Crippen LogP contribution in [0.5, 0.6) is 0 Å². The summed E-state index contributed by atoms with van der Waals surface area (Å²) in [6.45, 7) is 0. The number of hydrazone groups is 1. The SMILES string of the molecule is O=C(NN=Cc1cccc(Br)c1)C(O)(c1ccc(Cl)cc1)c1ccc(Cl)cc1. The highest BCUT2D eigenvalue weighted by Crippen LogP contribution is 2.31. The summed E-state index contributed by atoms with van der Waals surface area (Å²) in [5, 5.41) is 16.3. The van der Waals surface area contributed by atoms with Gasteiger partial charge in [-0.1, -0.05) is 75.5 Å². The molecule has 2 N–H and O–H groups in total. The molecule has 0 atom stereocenters. The molecule has 0 aromatic heterocycles. The Labute approximate surface area is 180 Å². The van der Waals surface area contributed by atoms with Gasteiger partial charge in [0.25, 0.3) is 5.91 Å². The van der Waals surface area contributed by atoms with Gasteiger partial charge in [-0.2, -0.15) is 5.10 Å². The van der Waals surface area contributed by atoms with Crippen LogP contribution in [0.3, 0.4) is 0 Å². The fourth-order valence-electron chi connectivity index (χ4n) is 2.64. The third-order valence-corrected chi connectivity index (χ3v) is 5.08. The van der Waals surface area contributed by atoms with E-state index in [9.17, 15) is 9.90 Å². The quantitative estimate of drug-likeness (QED) is 0.394. The highest BCUT2D eigenvalue weighted by Gasteiger charge is 2.40. The van der Waals surface area contributed by atoms with Crippen LogP contribution in [0.15, 0.2) is 82.4 Å². The zero-order valence-corrected chi connectivity index (χ0v) is 17.5. The van der Waals surface area contributed by atoms with Crippen LogP contribution in [0.4, 0.5) is 0 Å². The van der Waals surface area contributed by atoms with Crippen LogP contribution in [0.1, 0.15) is 16.7 Å². The molecule has 3 aromatic carbocycles. The molecule has 0 unspecified atom stereocenters. The van der Waals surface area contributed by atoms with Gasteiger partial charge >= 0.3 is 0 Å². The second-order valence-electron chi connectivity index (χ2n) is 5.98. The summed E-state index contributed by atoms with van der Waals surface area (Å²) in [7, 11) is 0. The van der Waals surface area contributed by atoms with Gasteiger partial charge in [-0.05, 0) is 53.1 Å². The molecule has 0 aliphatic carbocycles. The summed E-state index contributed by atoms with van der Waals surface area (Å²) in [4.78, 5) is 12.9. The lowest BCUT2D eigenvalue weighted by Gasteiger charge is -2.27. The molecule has 0 saturated heterocycles. The second kappa shape index (κ2) is 8.88. The molecular weight excluding hydrogens is 463 g/mol. The number of nitrogens with one attached hydrogen (secondary N) is 1. The van der Waals surface area contributed by atoms with Gasteiger partial charge in [0.05, 0.1) is 6.21 Å². The lowest BCUT2D eigenvalue weighted by atomic mass is 9.85. The summed E-state index contributed by atoms with van der Waals surface area (Å²) in [6.07, 6.45) is 1.49. The predicted octanol–water partition coefficient (Wildman–Crippen LogP) is 5.14. The maximum absolute atomic E-state index is 12.9. The predicted molar refractivity (Wildman–Crippen MR) is 116 cm³/mol. The van der Waals surface area contributed by atoms with E-state index >= 15 is 0 Å². The van der Waals surface area contributed by atoms with Gasteiger partial charge in [-0.15, -0.1) is 0 Å². The summed E-state index contributed by atoms with van der Waals surface area (Å²) in [5.41, 5.74) is 1.95. The van der Waals surface area contributed by atoms with Crippen LogP contribution >= 0.6 is 39.1 Å². The minimum atomic E-state index is -1.97. The molecule has 1 amide bonds. The number of amides is 1. The van der Waals surface area contributed by atoms with Crippen LogP contribution in [0.25, 0.3) is 0 Å². The highest BCUT2D eigenvalue weighted by molar-refractivity contribution is 9.10. The molecule has 7 heteroatoms. The lowest BCUT2D eigenvalue weighted by Crippen LogP contribution is -2.43. The molecule has 3 aromatic rings. The van der Waals surface area contributed by atoms with Gasteiger partial charge in [-0.3, -0.25) is 4.79 Å². The zero-order valence-electron chi connectivity index (χ0n) is 14.4. The third-order valence-electron chi connectivity index (χ3n) is 4.08. The molecule has 0 heterocycles. The van der Waals surface area contributed by atoms with Crippen LogP contribution in [0, 0.1) is 0 Å². The standard InChI is InChI=1S/C21H15BrCl2N2O2/c22-17-3-1-2-14(12-17)13-25-26-20(27)21(28,15-4-8-18(23)9-5-15)16-6-10-19(24)11-7-16/h1-13,28H,(H,26,27). The van der Waals surface area contributed by atoms with E-state index in [1.54, 1.807) is 48.5 Å². The van der Waals surface area contributed by atoms with Crippen molar-refractivity contribution in [2.45, 2.75) is 5.60 Å². The van der Waals surface area contributed by atoms with Gasteiger partial charge in [-0.25, -0.2) is 5.43 Å². The third kappa shape index (κ3) is 4.62. The van der Waals surface area contributed by atoms with Crippen molar-refractivity contribution < 1.29 is 9.90 Å². The minimum Gasteiger partial charge on any atom is -0.372 e. The zero-order chi connectivity index (χ0) is 20.1. The Kier molecular flexibility index (Phi) is 6.52. The van der Waals surface area contributed by atoms with Crippen molar-refractivity contribution in [3.8, 4) is 0 Å². The van der Waals surface area contributed by atoms with Crippen LogP contribution < -0.4 is 5.43 Å². The Hall–Kier alpha value is -2.18. The molecule has 0 aliphatic rings. The largest absolute Gasteiger partial charge is 0.372 e. The molecular formula is C21H15BrCl2N2O2. The molecule has 0 radical (unpaired) electrons. The normalized spacial score (nSPS) is 11.6. The van der Waals surface area contributed by atoms with Gasteiger partial charge in [0, 0.05) is 14.5 Å². The molecule has 0 bridgehead atoms. The van der Waals surface area contributed by atoms with E-state index in [0.717, 1.165) is 10.0 Å². The van der Waals surface area contributed by atoms with E-state index in [4.69, 9.17) is 23.2 Å². The van der Waals surface area contributed by atoms with Crippen molar-refractivity contribution in [3.05, 3.63) is 104 Å². The van der Waals surface area contributed by atoms with Gasteiger partial charge in [0.15, 0.2) is 5.60 Å². The Balaban J connectivity index is 1.93. The number of aliphatic hydroxyl groups is 1. The number of nitrogens with zero attached hydrogens (tertiary/aromatic N) is 1. The highest BCUT2D eigenvalue weighted by atomic mass is 79.9. The van der Waals surface area contributed by atoms with E-state index in [2.05, 4.69) is 26.5 Å². The summed E-state index contributed by atoms with van der Waals surface area (Å²) in [5.74, 6) is -0.705. The first-order valence-electron chi connectivity index (χ1n) is 8.23. The van der Waals surface area contributed by atoms with Gasteiger partial charge in [0.2, 0.25) is 0 Å². The number of hydrogen-bond acceptors (Lipinski definition) is 3. The summed E-state index contributed by atoms with van der Waals surface area (Å²) in [6, 6.07) is 20.2. The Morgan fingerprint density at radius 2 is 1.50 bits per heavy atom. The van der Waals surface area contributed by atoms with Crippen molar-refractivity contribution >= 4 is 51.3 Å². The molecule has 28 heavy (non-hydrogen) atoms. The van der Waals surface area contributed by atoms with Gasteiger partial charge < -0.3 is 5.11 Å². The molecule has 0 saturated carbocycles. The van der Waals surface area contributed by atoms with E-state index in [1.807, 2.05) is 24.3 Å². The second-order valence-corrected chi connectivity index (χ2v) is 7.77. The monoisotopic (exact) mass is 476 g/mol. The van der Waals surface area contributed by atoms with E-state index in [-0.39, 0.29) is 0 Å². The fourth-order valence-corrected chi connectivity index (χ4v) is 3.31. The van der Waals surface area contributed by atoms with Crippen molar-refractivity contribution in [1.82, 2.24) is 5.43 Å². The van der Waals surface area contributed by atoms with Crippen LogP contribution in [-0.4, -0.2) is 17.2 Å². The Morgan fingerprint density at radius 1 is 0.964 bits per heavy atom. The smallest absolute Gasteiger partial charge is 0.281 e. The van der Waals surface area contributed by atoms with Crippen molar-refractivity contribution in [2.24, 2.45) is 5.10 Å². The first-order valence-corrected chi connectivity index (χ1v) is 9.78. The molecule has 0 fully saturated rings. The number of hydrogen-bond donors (Lipinski definition) is 2. The first-order chi connectivity index (χ1) is 13.4. The number of rotatable bonds is 5.